The van der Waals surface area contributed by atoms with Crippen LogP contribution in [0.2, 0.25) is 0 Å². The highest BCUT2D eigenvalue weighted by Crippen LogP contribution is 2.20. The molecule has 0 aromatic heterocycles. The molecule has 0 amide bonds. The SMILES string of the molecule is CCN(CC(C)C#N)c1ccc(C=O)cc1F. The third-order valence-electron chi connectivity index (χ3n) is 2.54. The van der Waals surface area contributed by atoms with E-state index in [2.05, 4.69) is 6.07 Å². The Morgan fingerprint density at radius 3 is 2.76 bits per heavy atom. The molecule has 0 saturated carbocycles. The molecule has 3 nitrogen and oxygen atoms in total. The van der Waals surface area contributed by atoms with Crippen LogP contribution in [0.1, 0.15) is 24.2 Å². The van der Waals surface area contributed by atoms with Crippen molar-refractivity contribution in [3.8, 4) is 6.07 Å². The molecule has 0 N–H and O–H groups in total. The fourth-order valence-corrected chi connectivity index (χ4v) is 1.62. The summed E-state index contributed by atoms with van der Waals surface area (Å²) in [7, 11) is 0. The summed E-state index contributed by atoms with van der Waals surface area (Å²) in [5.41, 5.74) is 0.746. The molecule has 1 unspecified atom stereocenters. The van der Waals surface area contributed by atoms with Gasteiger partial charge in [0.15, 0.2) is 0 Å². The van der Waals surface area contributed by atoms with Crippen molar-refractivity contribution in [2.45, 2.75) is 13.8 Å². The third kappa shape index (κ3) is 3.28. The fourth-order valence-electron chi connectivity index (χ4n) is 1.62. The van der Waals surface area contributed by atoms with Crippen molar-refractivity contribution in [2.24, 2.45) is 5.92 Å². The zero-order valence-corrected chi connectivity index (χ0v) is 9.98. The Bertz CT molecular complexity index is 440. The monoisotopic (exact) mass is 234 g/mol. The summed E-state index contributed by atoms with van der Waals surface area (Å²) < 4.78 is 13.7. The Hall–Kier alpha value is -1.89. The Morgan fingerprint density at radius 2 is 2.29 bits per heavy atom. The van der Waals surface area contributed by atoms with E-state index < -0.39 is 5.82 Å². The first-order valence-electron chi connectivity index (χ1n) is 5.51. The first-order valence-corrected chi connectivity index (χ1v) is 5.51. The lowest BCUT2D eigenvalue weighted by atomic mass is 10.1. The van der Waals surface area contributed by atoms with Crippen LogP contribution >= 0.6 is 0 Å². The fraction of sp³-hybridized carbons (Fsp3) is 0.385. The summed E-state index contributed by atoms with van der Waals surface area (Å²) in [6, 6.07) is 6.48. The highest BCUT2D eigenvalue weighted by atomic mass is 19.1. The van der Waals surface area contributed by atoms with Gasteiger partial charge in [-0.25, -0.2) is 4.39 Å². The number of anilines is 1. The van der Waals surface area contributed by atoms with Crippen LogP contribution < -0.4 is 4.90 Å². The molecule has 1 atom stereocenters. The van der Waals surface area contributed by atoms with Gasteiger partial charge in [0.25, 0.3) is 0 Å². The van der Waals surface area contributed by atoms with Gasteiger partial charge in [0.1, 0.15) is 12.1 Å². The number of hydrogen-bond acceptors (Lipinski definition) is 3. The summed E-state index contributed by atoms with van der Waals surface area (Å²) in [6.45, 7) is 4.78. The zero-order valence-electron chi connectivity index (χ0n) is 9.98. The van der Waals surface area contributed by atoms with Crippen LogP contribution in [0.4, 0.5) is 10.1 Å². The molecule has 1 aromatic carbocycles. The van der Waals surface area contributed by atoms with Gasteiger partial charge in [0.2, 0.25) is 0 Å². The second-order valence-electron chi connectivity index (χ2n) is 3.90. The minimum atomic E-state index is -0.429. The number of halogens is 1. The van der Waals surface area contributed by atoms with Gasteiger partial charge in [-0.2, -0.15) is 5.26 Å². The summed E-state index contributed by atoms with van der Waals surface area (Å²) in [5.74, 6) is -0.596. The number of hydrogen-bond donors (Lipinski definition) is 0. The molecular weight excluding hydrogens is 219 g/mol. The topological polar surface area (TPSA) is 44.1 Å². The Kier molecular flexibility index (Phi) is 4.65. The van der Waals surface area contributed by atoms with Crippen molar-refractivity contribution in [2.75, 3.05) is 18.0 Å². The van der Waals surface area contributed by atoms with E-state index in [1.165, 1.54) is 6.07 Å². The average Bonchev–Trinajstić information content (AvgIpc) is 2.35. The molecular formula is C13H15FN2O. The van der Waals surface area contributed by atoms with Crippen LogP contribution in [-0.2, 0) is 0 Å². The highest BCUT2D eigenvalue weighted by molar-refractivity contribution is 5.76. The number of carbonyl (C=O) groups is 1. The van der Waals surface area contributed by atoms with Crippen LogP contribution in [0.15, 0.2) is 18.2 Å². The van der Waals surface area contributed by atoms with E-state index in [0.29, 0.717) is 30.6 Å². The average molecular weight is 234 g/mol. The molecule has 0 aliphatic carbocycles. The predicted molar refractivity (Wildman–Crippen MR) is 64.5 cm³/mol. The number of rotatable bonds is 5. The van der Waals surface area contributed by atoms with Crippen molar-refractivity contribution in [3.05, 3.63) is 29.6 Å². The van der Waals surface area contributed by atoms with Gasteiger partial charge in [0, 0.05) is 18.7 Å². The van der Waals surface area contributed by atoms with Gasteiger partial charge < -0.3 is 4.90 Å². The highest BCUT2D eigenvalue weighted by Gasteiger charge is 2.13. The number of carbonyl (C=O) groups excluding carboxylic acids is 1. The molecule has 90 valence electrons. The number of nitrogens with zero attached hydrogens (tertiary/aromatic N) is 2. The minimum Gasteiger partial charge on any atom is -0.368 e. The second kappa shape index (κ2) is 6.00. The van der Waals surface area contributed by atoms with Gasteiger partial charge in [-0.1, -0.05) is 0 Å². The molecule has 0 fully saturated rings. The van der Waals surface area contributed by atoms with Gasteiger partial charge in [-0.3, -0.25) is 4.79 Å². The maximum absolute atomic E-state index is 13.7. The minimum absolute atomic E-state index is 0.167. The zero-order chi connectivity index (χ0) is 12.8. The van der Waals surface area contributed by atoms with Crippen LogP contribution in [0.5, 0.6) is 0 Å². The third-order valence-corrected chi connectivity index (χ3v) is 2.54. The van der Waals surface area contributed by atoms with E-state index in [1.807, 2.05) is 6.92 Å². The first-order chi connectivity index (χ1) is 8.12. The van der Waals surface area contributed by atoms with E-state index in [4.69, 9.17) is 5.26 Å². The predicted octanol–water partition coefficient (Wildman–Crippen LogP) is 2.62. The summed E-state index contributed by atoms with van der Waals surface area (Å²) in [5, 5.41) is 8.76. The van der Waals surface area contributed by atoms with E-state index in [9.17, 15) is 9.18 Å². The lowest BCUT2D eigenvalue weighted by molar-refractivity contribution is 0.112. The first kappa shape index (κ1) is 13.2. The summed E-state index contributed by atoms with van der Waals surface area (Å²) >= 11 is 0. The molecule has 4 heteroatoms. The maximum atomic E-state index is 13.7. The van der Waals surface area contributed by atoms with Crippen molar-refractivity contribution >= 4 is 12.0 Å². The maximum Gasteiger partial charge on any atom is 0.150 e. The van der Waals surface area contributed by atoms with Crippen LogP contribution in [-0.4, -0.2) is 19.4 Å². The molecule has 17 heavy (non-hydrogen) atoms. The van der Waals surface area contributed by atoms with E-state index >= 15 is 0 Å². The standard InChI is InChI=1S/C13H15FN2O/c1-3-16(8-10(2)7-15)13-5-4-11(9-17)6-12(13)14/h4-6,9-10H,3,8H2,1-2H3. The molecule has 0 bridgehead atoms. The second-order valence-corrected chi connectivity index (χ2v) is 3.90. The van der Waals surface area contributed by atoms with Crippen molar-refractivity contribution < 1.29 is 9.18 Å². The van der Waals surface area contributed by atoms with Gasteiger partial charge >= 0.3 is 0 Å². The molecule has 0 aliphatic rings. The Labute approximate surface area is 100 Å². The van der Waals surface area contributed by atoms with Crippen molar-refractivity contribution in [1.29, 1.82) is 5.26 Å². The summed E-state index contributed by atoms with van der Waals surface area (Å²) in [4.78, 5) is 12.3. The molecule has 0 radical (unpaired) electrons. The Morgan fingerprint density at radius 1 is 1.59 bits per heavy atom. The van der Waals surface area contributed by atoms with Crippen molar-refractivity contribution in [3.63, 3.8) is 0 Å². The normalized spacial score (nSPS) is 11.6. The largest absolute Gasteiger partial charge is 0.368 e. The van der Waals surface area contributed by atoms with Crippen LogP contribution in [0, 0.1) is 23.1 Å². The van der Waals surface area contributed by atoms with Crippen LogP contribution in [0.3, 0.4) is 0 Å². The van der Waals surface area contributed by atoms with Gasteiger partial charge in [-0.05, 0) is 32.0 Å². The molecule has 0 heterocycles. The molecule has 1 aromatic rings. The molecule has 0 spiro atoms. The van der Waals surface area contributed by atoms with Gasteiger partial charge in [0.05, 0.1) is 17.7 Å². The van der Waals surface area contributed by atoms with Crippen molar-refractivity contribution in [1.82, 2.24) is 0 Å². The number of nitriles is 1. The van der Waals surface area contributed by atoms with Gasteiger partial charge in [-0.15, -0.1) is 0 Å². The Balaban J connectivity index is 2.96. The lowest BCUT2D eigenvalue weighted by Gasteiger charge is -2.24. The summed E-state index contributed by atoms with van der Waals surface area (Å²) in [6.07, 6.45) is 0.612. The smallest absolute Gasteiger partial charge is 0.150 e. The van der Waals surface area contributed by atoms with E-state index in [1.54, 1.807) is 24.0 Å². The van der Waals surface area contributed by atoms with E-state index in [0.717, 1.165) is 0 Å². The lowest BCUT2D eigenvalue weighted by Crippen LogP contribution is -2.28. The quantitative estimate of drug-likeness (QED) is 0.735. The number of benzene rings is 1. The molecule has 0 saturated heterocycles. The molecule has 0 aliphatic heterocycles. The number of aldehydes is 1. The van der Waals surface area contributed by atoms with Crippen LogP contribution in [0.25, 0.3) is 0 Å². The van der Waals surface area contributed by atoms with E-state index in [-0.39, 0.29) is 5.92 Å². The molecule has 1 rings (SSSR count).